The van der Waals surface area contributed by atoms with Crippen molar-refractivity contribution in [1.82, 2.24) is 5.32 Å². The molecule has 2 heteroatoms. The SMILES string of the molecule is Cc1cccc(C2C=CC(c3cccc4c3NCC=C4)=CN2)c1. The van der Waals surface area contributed by atoms with Crippen molar-refractivity contribution >= 4 is 17.3 Å². The minimum atomic E-state index is 0.242. The zero-order valence-electron chi connectivity index (χ0n) is 13.2. The molecule has 0 amide bonds. The van der Waals surface area contributed by atoms with Gasteiger partial charge in [-0.2, -0.15) is 0 Å². The van der Waals surface area contributed by atoms with Crippen LogP contribution in [-0.4, -0.2) is 6.54 Å². The second kappa shape index (κ2) is 5.81. The Morgan fingerprint density at radius 1 is 1.04 bits per heavy atom. The smallest absolute Gasteiger partial charge is 0.0696 e. The maximum absolute atomic E-state index is 3.52. The van der Waals surface area contributed by atoms with Gasteiger partial charge in [-0.3, -0.25) is 0 Å². The summed E-state index contributed by atoms with van der Waals surface area (Å²) in [5, 5.41) is 7.01. The van der Waals surface area contributed by atoms with Crippen LogP contribution in [0.1, 0.15) is 28.3 Å². The Morgan fingerprint density at radius 3 is 2.78 bits per heavy atom. The molecule has 4 rings (SSSR count). The van der Waals surface area contributed by atoms with Gasteiger partial charge in [0.15, 0.2) is 0 Å². The van der Waals surface area contributed by atoms with Gasteiger partial charge in [0.2, 0.25) is 0 Å². The molecule has 0 radical (unpaired) electrons. The lowest BCUT2D eigenvalue weighted by atomic mass is 9.95. The fourth-order valence-electron chi connectivity index (χ4n) is 3.22. The van der Waals surface area contributed by atoms with Gasteiger partial charge >= 0.3 is 0 Å². The van der Waals surface area contributed by atoms with Gasteiger partial charge in [-0.1, -0.05) is 72.3 Å². The molecule has 0 saturated heterocycles. The summed E-state index contributed by atoms with van der Waals surface area (Å²) in [6, 6.07) is 15.3. The van der Waals surface area contributed by atoms with Crippen molar-refractivity contribution < 1.29 is 0 Å². The molecule has 114 valence electrons. The van der Waals surface area contributed by atoms with Crippen LogP contribution in [0.25, 0.3) is 11.6 Å². The van der Waals surface area contributed by atoms with Crippen molar-refractivity contribution in [2.45, 2.75) is 13.0 Å². The van der Waals surface area contributed by atoms with E-state index in [0.29, 0.717) is 0 Å². The number of anilines is 1. The van der Waals surface area contributed by atoms with Crippen LogP contribution in [0.3, 0.4) is 0 Å². The molecule has 1 unspecified atom stereocenters. The van der Waals surface area contributed by atoms with Crippen LogP contribution in [0.15, 0.2) is 66.9 Å². The van der Waals surface area contributed by atoms with Crippen molar-refractivity contribution in [3.05, 3.63) is 89.1 Å². The molecule has 2 heterocycles. The van der Waals surface area contributed by atoms with Crippen molar-refractivity contribution in [2.75, 3.05) is 11.9 Å². The van der Waals surface area contributed by atoms with Crippen LogP contribution in [0.4, 0.5) is 5.69 Å². The minimum absolute atomic E-state index is 0.242. The van der Waals surface area contributed by atoms with Crippen LogP contribution < -0.4 is 10.6 Å². The summed E-state index contributed by atoms with van der Waals surface area (Å²) in [6.45, 7) is 3.02. The Hall–Kier alpha value is -2.74. The number of dihydropyridines is 1. The van der Waals surface area contributed by atoms with Crippen LogP contribution in [0, 0.1) is 6.92 Å². The number of aryl methyl sites for hydroxylation is 1. The molecule has 2 nitrogen and oxygen atoms in total. The lowest BCUT2D eigenvalue weighted by Crippen LogP contribution is -2.17. The molecule has 0 aliphatic carbocycles. The predicted octanol–water partition coefficient (Wildman–Crippen LogP) is 4.68. The predicted molar refractivity (Wildman–Crippen MR) is 98.1 cm³/mol. The standard InChI is InChI=1S/C21H20N2/c1-15-5-2-7-17(13-15)20-11-10-18(14-23-20)19-9-3-6-16-8-4-12-22-21(16)19/h2-11,13-14,20,22-23H,12H2,1H3. The van der Waals surface area contributed by atoms with E-state index in [0.717, 1.165) is 6.54 Å². The first-order chi connectivity index (χ1) is 11.3. The molecule has 2 aliphatic heterocycles. The highest BCUT2D eigenvalue weighted by atomic mass is 14.9. The van der Waals surface area contributed by atoms with E-state index in [1.807, 2.05) is 0 Å². The third-order valence-corrected chi connectivity index (χ3v) is 4.39. The molecule has 0 saturated carbocycles. The minimum Gasteiger partial charge on any atom is -0.381 e. The van der Waals surface area contributed by atoms with Crippen molar-refractivity contribution in [2.24, 2.45) is 0 Å². The fraction of sp³-hybridized carbons (Fsp3) is 0.143. The van der Waals surface area contributed by atoms with Crippen molar-refractivity contribution in [1.29, 1.82) is 0 Å². The van der Waals surface area contributed by atoms with E-state index in [4.69, 9.17) is 0 Å². The second-order valence-corrected chi connectivity index (χ2v) is 6.07. The Morgan fingerprint density at radius 2 is 1.96 bits per heavy atom. The van der Waals surface area contributed by atoms with Crippen LogP contribution >= 0.6 is 0 Å². The average molecular weight is 300 g/mol. The highest BCUT2D eigenvalue weighted by Crippen LogP contribution is 2.33. The molecule has 2 aliphatic rings. The van der Waals surface area contributed by atoms with Crippen LogP contribution in [0.2, 0.25) is 0 Å². The molecule has 2 aromatic carbocycles. The number of nitrogens with one attached hydrogen (secondary N) is 2. The number of hydrogen-bond acceptors (Lipinski definition) is 2. The number of fused-ring (bicyclic) bond motifs is 1. The van der Waals surface area contributed by atoms with Gasteiger partial charge in [-0.15, -0.1) is 0 Å². The Kier molecular flexibility index (Phi) is 3.51. The monoisotopic (exact) mass is 300 g/mol. The molecule has 23 heavy (non-hydrogen) atoms. The van der Waals surface area contributed by atoms with E-state index in [1.165, 1.54) is 33.5 Å². The molecule has 2 N–H and O–H groups in total. The normalized spacial score (nSPS) is 18.7. The molecule has 0 fully saturated rings. The Labute approximate surface area is 137 Å². The van der Waals surface area contributed by atoms with E-state index in [-0.39, 0.29) is 6.04 Å². The Bertz CT molecular complexity index is 827. The summed E-state index contributed by atoms with van der Waals surface area (Å²) >= 11 is 0. The summed E-state index contributed by atoms with van der Waals surface area (Å²) in [6.07, 6.45) is 10.9. The summed E-state index contributed by atoms with van der Waals surface area (Å²) in [5.74, 6) is 0. The summed E-state index contributed by atoms with van der Waals surface area (Å²) in [5.41, 5.74) is 7.53. The molecule has 0 bridgehead atoms. The molecule has 0 aromatic heterocycles. The van der Waals surface area contributed by atoms with Gasteiger partial charge in [0, 0.05) is 24.0 Å². The first kappa shape index (κ1) is 13.9. The van der Waals surface area contributed by atoms with Crippen molar-refractivity contribution in [3.8, 4) is 0 Å². The summed E-state index contributed by atoms with van der Waals surface area (Å²) < 4.78 is 0. The molecule has 2 aromatic rings. The van der Waals surface area contributed by atoms with E-state index >= 15 is 0 Å². The van der Waals surface area contributed by atoms with E-state index in [9.17, 15) is 0 Å². The van der Waals surface area contributed by atoms with E-state index in [1.54, 1.807) is 0 Å². The molecular formula is C21H20N2. The fourth-order valence-corrected chi connectivity index (χ4v) is 3.22. The highest BCUT2D eigenvalue weighted by Gasteiger charge is 2.15. The van der Waals surface area contributed by atoms with Gasteiger partial charge in [-0.25, -0.2) is 0 Å². The molecule has 0 spiro atoms. The van der Waals surface area contributed by atoms with Gasteiger partial charge in [0.05, 0.1) is 6.04 Å². The van der Waals surface area contributed by atoms with Gasteiger partial charge in [0.25, 0.3) is 0 Å². The first-order valence-electron chi connectivity index (χ1n) is 8.06. The third kappa shape index (κ3) is 2.68. The van der Waals surface area contributed by atoms with Gasteiger partial charge in [0.1, 0.15) is 0 Å². The van der Waals surface area contributed by atoms with Crippen molar-refractivity contribution in [3.63, 3.8) is 0 Å². The zero-order valence-corrected chi connectivity index (χ0v) is 13.2. The first-order valence-corrected chi connectivity index (χ1v) is 8.06. The summed E-state index contributed by atoms with van der Waals surface area (Å²) in [7, 11) is 0. The lowest BCUT2D eigenvalue weighted by molar-refractivity contribution is 0.748. The number of rotatable bonds is 2. The maximum Gasteiger partial charge on any atom is 0.0696 e. The van der Waals surface area contributed by atoms with E-state index in [2.05, 4.69) is 90.5 Å². The zero-order chi connectivity index (χ0) is 15.6. The average Bonchev–Trinajstić information content (AvgIpc) is 2.61. The lowest BCUT2D eigenvalue weighted by Gasteiger charge is -2.22. The molecular weight excluding hydrogens is 280 g/mol. The third-order valence-electron chi connectivity index (χ3n) is 4.39. The second-order valence-electron chi connectivity index (χ2n) is 6.07. The van der Waals surface area contributed by atoms with Gasteiger partial charge < -0.3 is 10.6 Å². The maximum atomic E-state index is 3.52. The Balaban J connectivity index is 1.62. The topological polar surface area (TPSA) is 24.1 Å². The van der Waals surface area contributed by atoms with E-state index < -0.39 is 0 Å². The number of allylic oxidation sites excluding steroid dienone is 2. The largest absolute Gasteiger partial charge is 0.381 e. The highest BCUT2D eigenvalue weighted by molar-refractivity contribution is 5.87. The van der Waals surface area contributed by atoms with Gasteiger partial charge in [-0.05, 0) is 23.6 Å². The number of para-hydroxylation sites is 1. The van der Waals surface area contributed by atoms with Crippen LogP contribution in [-0.2, 0) is 0 Å². The quantitative estimate of drug-likeness (QED) is 0.842. The number of benzene rings is 2. The molecule has 1 atom stereocenters. The summed E-state index contributed by atoms with van der Waals surface area (Å²) in [4.78, 5) is 0. The van der Waals surface area contributed by atoms with Crippen LogP contribution in [0.5, 0.6) is 0 Å². The number of hydrogen-bond donors (Lipinski definition) is 2.